The van der Waals surface area contributed by atoms with Gasteiger partial charge in [0.1, 0.15) is 0 Å². The zero-order chi connectivity index (χ0) is 9.26. The van der Waals surface area contributed by atoms with Crippen LogP contribution in [0.2, 0.25) is 0 Å². The molecular formula is C10H19NO2. The van der Waals surface area contributed by atoms with Gasteiger partial charge in [0.15, 0.2) is 0 Å². The largest absolute Gasteiger partial charge is 0.396 e. The molecule has 0 bridgehead atoms. The molecule has 2 rings (SSSR count). The smallest absolute Gasteiger partial charge is 0.0583 e. The van der Waals surface area contributed by atoms with E-state index in [2.05, 4.69) is 4.90 Å². The number of hydrogen-bond acceptors (Lipinski definition) is 3. The van der Waals surface area contributed by atoms with Crippen molar-refractivity contribution in [2.24, 2.45) is 11.8 Å². The van der Waals surface area contributed by atoms with Crippen LogP contribution in [0, 0.1) is 11.8 Å². The molecule has 2 fully saturated rings. The van der Waals surface area contributed by atoms with Crippen LogP contribution < -0.4 is 0 Å². The van der Waals surface area contributed by atoms with E-state index >= 15 is 0 Å². The number of aliphatic hydroxyl groups is 2. The predicted molar refractivity (Wildman–Crippen MR) is 50.4 cm³/mol. The van der Waals surface area contributed by atoms with Crippen molar-refractivity contribution in [1.29, 1.82) is 0 Å². The molecule has 1 aliphatic carbocycles. The highest BCUT2D eigenvalue weighted by Gasteiger charge is 2.41. The highest BCUT2D eigenvalue weighted by Crippen LogP contribution is 2.37. The number of nitrogens with zero attached hydrogens (tertiary/aromatic N) is 1. The summed E-state index contributed by atoms with van der Waals surface area (Å²) < 4.78 is 0. The third-order valence-electron chi connectivity index (χ3n) is 3.53. The van der Waals surface area contributed by atoms with E-state index in [1.54, 1.807) is 0 Å². The second-order valence-corrected chi connectivity index (χ2v) is 4.41. The number of rotatable bonds is 3. The topological polar surface area (TPSA) is 43.7 Å². The van der Waals surface area contributed by atoms with Crippen LogP contribution in [0.25, 0.3) is 0 Å². The summed E-state index contributed by atoms with van der Waals surface area (Å²) in [4.78, 5) is 2.38. The summed E-state index contributed by atoms with van der Waals surface area (Å²) in [7, 11) is 0. The summed E-state index contributed by atoms with van der Waals surface area (Å²) in [6, 6.07) is 0. The molecule has 2 aliphatic rings. The van der Waals surface area contributed by atoms with Crippen LogP contribution in [0.4, 0.5) is 0 Å². The van der Waals surface area contributed by atoms with E-state index < -0.39 is 0 Å². The lowest BCUT2D eigenvalue weighted by atomic mass is 10.00. The summed E-state index contributed by atoms with van der Waals surface area (Å²) in [6.45, 7) is 3.47. The molecule has 3 heteroatoms. The maximum atomic E-state index is 9.67. The van der Waals surface area contributed by atoms with Crippen molar-refractivity contribution in [2.75, 3.05) is 26.2 Å². The van der Waals surface area contributed by atoms with Crippen LogP contribution in [0.3, 0.4) is 0 Å². The summed E-state index contributed by atoms with van der Waals surface area (Å²) in [5.74, 6) is 1.26. The Morgan fingerprint density at radius 3 is 2.77 bits per heavy atom. The van der Waals surface area contributed by atoms with Crippen molar-refractivity contribution in [3.8, 4) is 0 Å². The molecule has 13 heavy (non-hydrogen) atoms. The van der Waals surface area contributed by atoms with Gasteiger partial charge in [-0.1, -0.05) is 0 Å². The molecule has 1 saturated heterocycles. The van der Waals surface area contributed by atoms with Gasteiger partial charge < -0.3 is 15.1 Å². The van der Waals surface area contributed by atoms with Gasteiger partial charge in [0.25, 0.3) is 0 Å². The predicted octanol–water partition coefficient (Wildman–Crippen LogP) is 0.0715. The van der Waals surface area contributed by atoms with Gasteiger partial charge in [0, 0.05) is 32.2 Å². The highest BCUT2D eigenvalue weighted by atomic mass is 16.3. The number of fused-ring (bicyclic) bond motifs is 1. The molecule has 3 nitrogen and oxygen atoms in total. The van der Waals surface area contributed by atoms with Gasteiger partial charge in [-0.05, 0) is 25.2 Å². The minimum absolute atomic E-state index is 0.0517. The van der Waals surface area contributed by atoms with E-state index in [9.17, 15) is 5.11 Å². The van der Waals surface area contributed by atoms with Gasteiger partial charge in [-0.2, -0.15) is 0 Å². The van der Waals surface area contributed by atoms with Gasteiger partial charge in [-0.15, -0.1) is 0 Å². The minimum atomic E-state index is -0.0517. The summed E-state index contributed by atoms with van der Waals surface area (Å²) >= 11 is 0. The maximum Gasteiger partial charge on any atom is 0.0583 e. The summed E-state index contributed by atoms with van der Waals surface area (Å²) in [6.07, 6.45) is 3.02. The molecule has 0 aromatic carbocycles. The van der Waals surface area contributed by atoms with Crippen LogP contribution in [-0.2, 0) is 0 Å². The van der Waals surface area contributed by atoms with Crippen molar-refractivity contribution in [1.82, 2.24) is 4.90 Å². The quantitative estimate of drug-likeness (QED) is 0.654. The van der Waals surface area contributed by atoms with E-state index in [0.29, 0.717) is 5.92 Å². The molecule has 3 unspecified atom stereocenters. The van der Waals surface area contributed by atoms with Gasteiger partial charge in [0.2, 0.25) is 0 Å². The third-order valence-corrected chi connectivity index (χ3v) is 3.53. The van der Waals surface area contributed by atoms with Crippen LogP contribution in [0.5, 0.6) is 0 Å². The van der Waals surface area contributed by atoms with Crippen molar-refractivity contribution in [3.63, 3.8) is 0 Å². The van der Waals surface area contributed by atoms with Crippen molar-refractivity contribution >= 4 is 0 Å². The molecule has 3 atom stereocenters. The second-order valence-electron chi connectivity index (χ2n) is 4.41. The Bertz CT molecular complexity index is 174. The van der Waals surface area contributed by atoms with Crippen molar-refractivity contribution in [2.45, 2.75) is 25.4 Å². The van der Waals surface area contributed by atoms with Gasteiger partial charge in [-0.3, -0.25) is 0 Å². The fourth-order valence-corrected chi connectivity index (χ4v) is 2.81. The summed E-state index contributed by atoms with van der Waals surface area (Å²) in [5, 5.41) is 18.4. The van der Waals surface area contributed by atoms with E-state index in [4.69, 9.17) is 5.11 Å². The SMILES string of the molecule is OCCCN1CC2CCC(O)C2C1. The fraction of sp³-hybridized carbons (Fsp3) is 1.00. The molecule has 0 radical (unpaired) electrons. The van der Waals surface area contributed by atoms with E-state index in [1.807, 2.05) is 0 Å². The molecule has 76 valence electrons. The van der Waals surface area contributed by atoms with Gasteiger partial charge in [-0.25, -0.2) is 0 Å². The molecule has 0 aromatic rings. The Hall–Kier alpha value is -0.120. The Labute approximate surface area is 79.4 Å². The molecule has 0 aromatic heterocycles. The Kier molecular flexibility index (Phi) is 2.86. The number of hydrogen-bond donors (Lipinski definition) is 2. The average molecular weight is 185 g/mol. The van der Waals surface area contributed by atoms with E-state index in [1.165, 1.54) is 6.42 Å². The molecule has 1 aliphatic heterocycles. The zero-order valence-electron chi connectivity index (χ0n) is 8.02. The molecule has 1 heterocycles. The lowest BCUT2D eigenvalue weighted by molar-refractivity contribution is 0.123. The van der Waals surface area contributed by atoms with Crippen LogP contribution in [-0.4, -0.2) is 47.5 Å². The fourth-order valence-electron chi connectivity index (χ4n) is 2.81. The van der Waals surface area contributed by atoms with Gasteiger partial charge >= 0.3 is 0 Å². The van der Waals surface area contributed by atoms with E-state index in [-0.39, 0.29) is 12.7 Å². The Balaban J connectivity index is 1.81. The lowest BCUT2D eigenvalue weighted by Crippen LogP contribution is -2.26. The molecule has 1 saturated carbocycles. The highest BCUT2D eigenvalue weighted by molar-refractivity contribution is 4.93. The monoisotopic (exact) mass is 185 g/mol. The minimum Gasteiger partial charge on any atom is -0.396 e. The Morgan fingerprint density at radius 1 is 1.23 bits per heavy atom. The van der Waals surface area contributed by atoms with Crippen LogP contribution >= 0.6 is 0 Å². The number of likely N-dealkylation sites (tertiary alicyclic amines) is 1. The number of aliphatic hydroxyl groups excluding tert-OH is 2. The van der Waals surface area contributed by atoms with Crippen LogP contribution in [0.1, 0.15) is 19.3 Å². The maximum absolute atomic E-state index is 9.67. The standard InChI is InChI=1S/C10H19NO2/c12-5-1-4-11-6-8-2-3-10(13)9(8)7-11/h8-10,12-13H,1-7H2. The first-order chi connectivity index (χ1) is 6.31. The molecular weight excluding hydrogens is 166 g/mol. The lowest BCUT2D eigenvalue weighted by Gasteiger charge is -2.16. The molecule has 0 spiro atoms. The third kappa shape index (κ3) is 1.87. The van der Waals surface area contributed by atoms with Crippen molar-refractivity contribution < 1.29 is 10.2 Å². The zero-order valence-corrected chi connectivity index (χ0v) is 8.02. The average Bonchev–Trinajstić information content (AvgIpc) is 2.65. The Morgan fingerprint density at radius 2 is 2.08 bits per heavy atom. The second kappa shape index (κ2) is 3.95. The van der Waals surface area contributed by atoms with Crippen molar-refractivity contribution in [3.05, 3.63) is 0 Å². The first-order valence-electron chi connectivity index (χ1n) is 5.32. The molecule has 2 N–H and O–H groups in total. The van der Waals surface area contributed by atoms with E-state index in [0.717, 1.165) is 38.4 Å². The van der Waals surface area contributed by atoms with Crippen LogP contribution in [0.15, 0.2) is 0 Å². The normalized spacial score (nSPS) is 39.7. The first-order valence-corrected chi connectivity index (χ1v) is 5.32. The molecule has 0 amide bonds. The first kappa shape index (κ1) is 9.44. The van der Waals surface area contributed by atoms with Gasteiger partial charge in [0.05, 0.1) is 6.10 Å². The summed E-state index contributed by atoms with van der Waals surface area (Å²) in [5.41, 5.74) is 0.